The van der Waals surface area contributed by atoms with Crippen LogP contribution >= 0.6 is 39.7 Å². The van der Waals surface area contributed by atoms with E-state index in [9.17, 15) is 0 Å². The van der Waals surface area contributed by atoms with Gasteiger partial charge in [0, 0.05) is 10.9 Å². The normalized spacial score (nSPS) is 14.6. The second-order valence-corrected chi connectivity index (χ2v) is 5.92. The van der Waals surface area contributed by atoms with E-state index in [1.165, 1.54) is 14.2 Å². The summed E-state index contributed by atoms with van der Waals surface area (Å²) in [5, 5.41) is 0. The SMILES string of the molecule is CCC(C)[C@H](N)c1cc(C)c(Br)s1.Cl. The molecule has 0 aliphatic rings. The van der Waals surface area contributed by atoms with E-state index in [4.69, 9.17) is 5.73 Å². The van der Waals surface area contributed by atoms with Gasteiger partial charge >= 0.3 is 0 Å². The van der Waals surface area contributed by atoms with Crippen molar-refractivity contribution in [2.75, 3.05) is 0 Å². The second kappa shape index (κ2) is 6.11. The molecular formula is C10H17BrClNS. The fraction of sp³-hybridized carbons (Fsp3) is 0.600. The Balaban J connectivity index is 0.00000169. The molecule has 1 unspecified atom stereocenters. The predicted octanol–water partition coefficient (Wildman–Crippen LogP) is 4.29. The van der Waals surface area contributed by atoms with Gasteiger partial charge in [-0.3, -0.25) is 0 Å². The number of aryl methyl sites for hydroxylation is 1. The van der Waals surface area contributed by atoms with Gasteiger partial charge in [-0.05, 0) is 40.4 Å². The molecule has 1 aromatic heterocycles. The molecule has 1 heterocycles. The predicted molar refractivity (Wildman–Crippen MR) is 70.4 cm³/mol. The van der Waals surface area contributed by atoms with Crippen molar-refractivity contribution in [3.8, 4) is 0 Å². The zero-order valence-corrected chi connectivity index (χ0v) is 11.9. The van der Waals surface area contributed by atoms with Gasteiger partial charge in [-0.25, -0.2) is 0 Å². The Labute approximate surface area is 105 Å². The van der Waals surface area contributed by atoms with Crippen LogP contribution in [0.5, 0.6) is 0 Å². The Kier molecular flexibility index (Phi) is 6.30. The van der Waals surface area contributed by atoms with Crippen LogP contribution in [0.2, 0.25) is 0 Å². The quantitative estimate of drug-likeness (QED) is 0.885. The Morgan fingerprint density at radius 3 is 2.50 bits per heavy atom. The number of nitrogens with two attached hydrogens (primary N) is 1. The van der Waals surface area contributed by atoms with E-state index >= 15 is 0 Å². The van der Waals surface area contributed by atoms with E-state index in [0.29, 0.717) is 5.92 Å². The molecule has 0 bridgehead atoms. The van der Waals surface area contributed by atoms with E-state index in [1.54, 1.807) is 11.3 Å². The van der Waals surface area contributed by atoms with Crippen molar-refractivity contribution in [3.05, 3.63) is 20.3 Å². The van der Waals surface area contributed by atoms with Crippen LogP contribution in [-0.4, -0.2) is 0 Å². The first-order valence-electron chi connectivity index (χ1n) is 4.57. The monoisotopic (exact) mass is 297 g/mol. The number of hydrogen-bond donors (Lipinski definition) is 1. The maximum absolute atomic E-state index is 6.12. The lowest BCUT2D eigenvalue weighted by Gasteiger charge is -2.16. The Morgan fingerprint density at radius 1 is 1.57 bits per heavy atom. The summed E-state index contributed by atoms with van der Waals surface area (Å²) >= 11 is 5.28. The summed E-state index contributed by atoms with van der Waals surface area (Å²) in [5.74, 6) is 0.560. The van der Waals surface area contributed by atoms with Gasteiger partial charge in [-0.15, -0.1) is 23.7 Å². The highest BCUT2D eigenvalue weighted by atomic mass is 79.9. The highest BCUT2D eigenvalue weighted by Crippen LogP contribution is 2.33. The first kappa shape index (κ1) is 14.4. The van der Waals surface area contributed by atoms with Crippen LogP contribution in [0.3, 0.4) is 0 Å². The number of rotatable bonds is 3. The summed E-state index contributed by atoms with van der Waals surface area (Å²) in [6.45, 7) is 6.49. The average Bonchev–Trinajstić information content (AvgIpc) is 2.44. The maximum Gasteiger partial charge on any atom is 0.0731 e. The number of hydrogen-bond acceptors (Lipinski definition) is 2. The molecule has 2 atom stereocenters. The molecule has 82 valence electrons. The van der Waals surface area contributed by atoms with Gasteiger partial charge in [0.05, 0.1) is 3.79 Å². The lowest BCUT2D eigenvalue weighted by molar-refractivity contribution is 0.462. The minimum absolute atomic E-state index is 0. The van der Waals surface area contributed by atoms with Gasteiger partial charge in [-0.1, -0.05) is 20.3 Å². The van der Waals surface area contributed by atoms with Gasteiger partial charge in [-0.2, -0.15) is 0 Å². The molecule has 0 spiro atoms. The van der Waals surface area contributed by atoms with Crippen LogP contribution in [0, 0.1) is 12.8 Å². The summed E-state index contributed by atoms with van der Waals surface area (Å²) in [6.07, 6.45) is 1.13. The van der Waals surface area contributed by atoms with Crippen LogP contribution < -0.4 is 5.73 Å². The van der Waals surface area contributed by atoms with E-state index in [2.05, 4.69) is 42.8 Å². The molecule has 0 amide bonds. The summed E-state index contributed by atoms with van der Waals surface area (Å²) in [6, 6.07) is 2.38. The molecule has 0 aliphatic heterocycles. The Morgan fingerprint density at radius 2 is 2.14 bits per heavy atom. The maximum atomic E-state index is 6.12. The lowest BCUT2D eigenvalue weighted by Crippen LogP contribution is -2.17. The number of thiophene rings is 1. The Hall–Kier alpha value is 0.430. The summed E-state index contributed by atoms with van der Waals surface area (Å²) in [7, 11) is 0. The third-order valence-electron chi connectivity index (χ3n) is 2.46. The van der Waals surface area contributed by atoms with Crippen LogP contribution in [0.15, 0.2) is 9.85 Å². The highest BCUT2D eigenvalue weighted by molar-refractivity contribution is 9.11. The molecule has 1 nitrogen and oxygen atoms in total. The van der Waals surface area contributed by atoms with Crippen molar-refractivity contribution in [1.29, 1.82) is 0 Å². The van der Waals surface area contributed by atoms with Crippen LogP contribution in [0.4, 0.5) is 0 Å². The third kappa shape index (κ3) is 3.23. The molecule has 4 heteroatoms. The van der Waals surface area contributed by atoms with E-state index in [-0.39, 0.29) is 18.4 Å². The minimum atomic E-state index is 0. The third-order valence-corrected chi connectivity index (χ3v) is 4.70. The smallest absolute Gasteiger partial charge is 0.0731 e. The molecule has 0 saturated carbocycles. The summed E-state index contributed by atoms with van der Waals surface area (Å²) < 4.78 is 1.21. The summed E-state index contributed by atoms with van der Waals surface area (Å²) in [5.41, 5.74) is 7.41. The van der Waals surface area contributed by atoms with Gasteiger partial charge in [0.1, 0.15) is 0 Å². The molecule has 2 N–H and O–H groups in total. The largest absolute Gasteiger partial charge is 0.323 e. The standard InChI is InChI=1S/C10H16BrNS.ClH/c1-4-6(2)9(12)8-5-7(3)10(11)13-8;/h5-6,9H,4,12H2,1-3H3;1H/t6?,9-;/m0./s1. The van der Waals surface area contributed by atoms with E-state index in [0.717, 1.165) is 6.42 Å². The van der Waals surface area contributed by atoms with E-state index < -0.39 is 0 Å². The van der Waals surface area contributed by atoms with Crippen molar-refractivity contribution in [1.82, 2.24) is 0 Å². The molecular weight excluding hydrogens is 282 g/mol. The van der Waals surface area contributed by atoms with Gasteiger partial charge in [0.15, 0.2) is 0 Å². The average molecular weight is 299 g/mol. The minimum Gasteiger partial charge on any atom is -0.323 e. The second-order valence-electron chi connectivity index (χ2n) is 3.52. The molecule has 1 aromatic rings. The van der Waals surface area contributed by atoms with Crippen LogP contribution in [0.25, 0.3) is 0 Å². The van der Waals surface area contributed by atoms with Crippen LogP contribution in [-0.2, 0) is 0 Å². The highest BCUT2D eigenvalue weighted by Gasteiger charge is 2.16. The Bertz CT molecular complexity index is 268. The molecule has 0 saturated heterocycles. The first-order valence-corrected chi connectivity index (χ1v) is 6.18. The van der Waals surface area contributed by atoms with Crippen molar-refractivity contribution < 1.29 is 0 Å². The molecule has 0 aliphatic carbocycles. The molecule has 14 heavy (non-hydrogen) atoms. The van der Waals surface area contributed by atoms with Gasteiger partial charge < -0.3 is 5.73 Å². The molecule has 0 aromatic carbocycles. The summed E-state index contributed by atoms with van der Waals surface area (Å²) in [4.78, 5) is 1.29. The fourth-order valence-electron chi connectivity index (χ4n) is 1.18. The first-order chi connectivity index (χ1) is 6.06. The zero-order valence-electron chi connectivity index (χ0n) is 8.71. The topological polar surface area (TPSA) is 26.0 Å². The fourth-order valence-corrected chi connectivity index (χ4v) is 2.89. The van der Waals surface area contributed by atoms with Crippen molar-refractivity contribution >= 4 is 39.7 Å². The van der Waals surface area contributed by atoms with Crippen LogP contribution in [0.1, 0.15) is 36.8 Å². The number of halogens is 2. The lowest BCUT2D eigenvalue weighted by atomic mass is 9.99. The molecule has 0 radical (unpaired) electrons. The molecule has 1 rings (SSSR count). The van der Waals surface area contributed by atoms with E-state index in [1.807, 2.05) is 0 Å². The van der Waals surface area contributed by atoms with Gasteiger partial charge in [0.2, 0.25) is 0 Å². The van der Waals surface area contributed by atoms with Crippen molar-refractivity contribution in [3.63, 3.8) is 0 Å². The van der Waals surface area contributed by atoms with Gasteiger partial charge in [0.25, 0.3) is 0 Å². The van der Waals surface area contributed by atoms with Crippen molar-refractivity contribution in [2.24, 2.45) is 11.7 Å². The van der Waals surface area contributed by atoms with Crippen molar-refractivity contribution in [2.45, 2.75) is 33.2 Å². The zero-order chi connectivity index (χ0) is 10.0. The molecule has 0 fully saturated rings.